The van der Waals surface area contributed by atoms with Crippen molar-refractivity contribution in [1.29, 1.82) is 0 Å². The summed E-state index contributed by atoms with van der Waals surface area (Å²) in [4.78, 5) is 9.08. The minimum atomic E-state index is 0.673. The van der Waals surface area contributed by atoms with Gasteiger partial charge in [-0.1, -0.05) is 0 Å². The molecule has 0 unspecified atom stereocenters. The van der Waals surface area contributed by atoms with E-state index in [-0.39, 0.29) is 0 Å². The maximum Gasteiger partial charge on any atom is 0.0894 e. The molecule has 0 saturated carbocycles. The molecule has 0 fully saturated rings. The Labute approximate surface area is 134 Å². The second-order valence-corrected chi connectivity index (χ2v) is 5.54. The van der Waals surface area contributed by atoms with E-state index in [2.05, 4.69) is 58.2 Å². The first-order valence-electron chi connectivity index (χ1n) is 8.30. The Morgan fingerprint density at radius 3 is 1.41 bits per heavy atom. The van der Waals surface area contributed by atoms with E-state index in [0.717, 1.165) is 52.7 Å². The molecular formula is C16H30N4O2. The van der Waals surface area contributed by atoms with Crippen molar-refractivity contribution >= 4 is 0 Å². The summed E-state index contributed by atoms with van der Waals surface area (Å²) < 4.78 is 11.2. The maximum absolute atomic E-state index is 5.62. The predicted molar refractivity (Wildman–Crippen MR) is 87.8 cm³/mol. The second-order valence-electron chi connectivity index (χ2n) is 5.54. The lowest BCUT2D eigenvalue weighted by molar-refractivity contribution is 0.0357. The van der Waals surface area contributed by atoms with Gasteiger partial charge in [-0.05, 0) is 13.8 Å². The van der Waals surface area contributed by atoms with Gasteiger partial charge in [-0.2, -0.15) is 0 Å². The van der Waals surface area contributed by atoms with Crippen LogP contribution in [-0.2, 0) is 9.47 Å². The highest BCUT2D eigenvalue weighted by molar-refractivity contribution is 4.90. The maximum atomic E-state index is 5.62. The molecule has 0 spiro atoms. The third-order valence-electron chi connectivity index (χ3n) is 3.93. The molecule has 2 aliphatic rings. The Balaban J connectivity index is 1.36. The average molecular weight is 310 g/mol. The van der Waals surface area contributed by atoms with Crippen LogP contribution >= 0.6 is 0 Å². The summed E-state index contributed by atoms with van der Waals surface area (Å²) >= 11 is 0. The van der Waals surface area contributed by atoms with Crippen molar-refractivity contribution in [2.24, 2.45) is 0 Å². The fourth-order valence-electron chi connectivity index (χ4n) is 2.42. The number of ether oxygens (including phenoxy) is 2. The summed E-state index contributed by atoms with van der Waals surface area (Å²) in [6, 6.07) is 0. The Hall–Kier alpha value is -1.40. The first kappa shape index (κ1) is 17.0. The first-order chi connectivity index (χ1) is 10.8. The van der Waals surface area contributed by atoms with Gasteiger partial charge in [-0.25, -0.2) is 0 Å². The van der Waals surface area contributed by atoms with Crippen LogP contribution in [0.3, 0.4) is 0 Å². The molecule has 22 heavy (non-hydrogen) atoms. The summed E-state index contributed by atoms with van der Waals surface area (Å²) in [5.74, 6) is 0. The van der Waals surface area contributed by atoms with Crippen LogP contribution in [0.1, 0.15) is 13.8 Å². The molecule has 0 N–H and O–H groups in total. The van der Waals surface area contributed by atoms with E-state index in [1.165, 1.54) is 0 Å². The Morgan fingerprint density at radius 1 is 0.636 bits per heavy atom. The van der Waals surface area contributed by atoms with Crippen molar-refractivity contribution in [2.75, 3.05) is 65.9 Å². The van der Waals surface area contributed by atoms with Gasteiger partial charge in [0, 0.05) is 51.0 Å². The molecule has 126 valence electrons. The standard InChI is InChI=1S/C16H30N4O2/c1-3-17-5-7-19(15-17)9-11-21-13-14-22-12-10-20-8-6-18(4-2)16-20/h5-8H,3-4,9-16H2,1-2H3. The van der Waals surface area contributed by atoms with Crippen LogP contribution in [0.4, 0.5) is 0 Å². The van der Waals surface area contributed by atoms with Crippen LogP contribution in [0.2, 0.25) is 0 Å². The third-order valence-corrected chi connectivity index (χ3v) is 3.93. The third kappa shape index (κ3) is 5.77. The molecule has 0 bridgehead atoms. The molecule has 2 heterocycles. The van der Waals surface area contributed by atoms with Crippen LogP contribution < -0.4 is 0 Å². The zero-order valence-electron chi connectivity index (χ0n) is 14.0. The molecule has 0 aliphatic carbocycles. The minimum Gasteiger partial charge on any atom is -0.377 e. The van der Waals surface area contributed by atoms with Crippen LogP contribution in [0.5, 0.6) is 0 Å². The van der Waals surface area contributed by atoms with Gasteiger partial charge in [0.15, 0.2) is 0 Å². The molecule has 0 radical (unpaired) electrons. The fourth-order valence-corrected chi connectivity index (χ4v) is 2.42. The Morgan fingerprint density at radius 2 is 1.05 bits per heavy atom. The highest BCUT2D eigenvalue weighted by atomic mass is 16.5. The molecule has 0 aromatic carbocycles. The zero-order valence-corrected chi connectivity index (χ0v) is 14.0. The van der Waals surface area contributed by atoms with Crippen LogP contribution in [-0.4, -0.2) is 85.5 Å². The molecule has 0 saturated heterocycles. The molecule has 2 rings (SSSR count). The molecule has 0 amide bonds. The van der Waals surface area contributed by atoms with E-state index in [4.69, 9.17) is 9.47 Å². The first-order valence-corrected chi connectivity index (χ1v) is 8.30. The number of nitrogens with zero attached hydrogens (tertiary/aromatic N) is 4. The van der Waals surface area contributed by atoms with Gasteiger partial charge in [0.1, 0.15) is 0 Å². The van der Waals surface area contributed by atoms with Gasteiger partial charge in [0.05, 0.1) is 39.8 Å². The SMILES string of the molecule is CCN1C=CN(CCOCCOCCN2C=CN(CC)C2)C1. The normalized spacial score (nSPS) is 17.4. The minimum absolute atomic E-state index is 0.673. The summed E-state index contributed by atoms with van der Waals surface area (Å²) in [6.07, 6.45) is 8.53. The quantitative estimate of drug-likeness (QED) is 0.532. The van der Waals surface area contributed by atoms with Gasteiger partial charge in [-0.3, -0.25) is 0 Å². The number of hydrogen-bond acceptors (Lipinski definition) is 6. The Bertz CT molecular complexity index is 328. The summed E-state index contributed by atoms with van der Waals surface area (Å²) in [7, 11) is 0. The molecule has 2 aliphatic heterocycles. The second kappa shape index (κ2) is 9.58. The van der Waals surface area contributed by atoms with Crippen LogP contribution in [0.15, 0.2) is 24.8 Å². The van der Waals surface area contributed by atoms with Crippen molar-refractivity contribution < 1.29 is 9.47 Å². The molecule has 0 aromatic heterocycles. The molecule has 6 nitrogen and oxygen atoms in total. The van der Waals surface area contributed by atoms with Crippen molar-refractivity contribution in [1.82, 2.24) is 19.6 Å². The molecule has 6 heteroatoms. The molecular weight excluding hydrogens is 280 g/mol. The van der Waals surface area contributed by atoms with E-state index >= 15 is 0 Å². The highest BCUT2D eigenvalue weighted by Crippen LogP contribution is 2.05. The summed E-state index contributed by atoms with van der Waals surface area (Å²) in [6.45, 7) is 13.2. The van der Waals surface area contributed by atoms with E-state index < -0.39 is 0 Å². The van der Waals surface area contributed by atoms with Gasteiger partial charge in [0.2, 0.25) is 0 Å². The lowest BCUT2D eigenvalue weighted by Crippen LogP contribution is -2.28. The summed E-state index contributed by atoms with van der Waals surface area (Å²) in [5, 5.41) is 0. The van der Waals surface area contributed by atoms with E-state index in [9.17, 15) is 0 Å². The predicted octanol–water partition coefficient (Wildman–Crippen LogP) is 1.15. The lowest BCUT2D eigenvalue weighted by atomic mass is 10.6. The smallest absolute Gasteiger partial charge is 0.0894 e. The van der Waals surface area contributed by atoms with Gasteiger partial charge in [0.25, 0.3) is 0 Å². The van der Waals surface area contributed by atoms with E-state index in [1.54, 1.807) is 0 Å². The van der Waals surface area contributed by atoms with Gasteiger partial charge in [-0.15, -0.1) is 0 Å². The van der Waals surface area contributed by atoms with Crippen LogP contribution in [0, 0.1) is 0 Å². The van der Waals surface area contributed by atoms with Crippen molar-refractivity contribution in [3.05, 3.63) is 24.8 Å². The number of rotatable bonds is 11. The zero-order chi connectivity index (χ0) is 15.6. The average Bonchev–Trinajstić information content (AvgIpc) is 3.18. The molecule has 0 aromatic rings. The monoisotopic (exact) mass is 310 g/mol. The van der Waals surface area contributed by atoms with Gasteiger partial charge < -0.3 is 29.1 Å². The van der Waals surface area contributed by atoms with Gasteiger partial charge >= 0.3 is 0 Å². The lowest BCUT2D eigenvalue weighted by Gasteiger charge is -2.20. The topological polar surface area (TPSA) is 31.4 Å². The molecule has 0 atom stereocenters. The van der Waals surface area contributed by atoms with Crippen molar-refractivity contribution in [3.8, 4) is 0 Å². The highest BCUT2D eigenvalue weighted by Gasteiger charge is 2.10. The van der Waals surface area contributed by atoms with E-state index in [0.29, 0.717) is 13.2 Å². The largest absolute Gasteiger partial charge is 0.377 e. The fraction of sp³-hybridized carbons (Fsp3) is 0.750. The van der Waals surface area contributed by atoms with Crippen molar-refractivity contribution in [2.45, 2.75) is 13.8 Å². The van der Waals surface area contributed by atoms with E-state index in [1.807, 2.05) is 0 Å². The number of hydrogen-bond donors (Lipinski definition) is 0. The van der Waals surface area contributed by atoms with Crippen LogP contribution in [0.25, 0.3) is 0 Å². The summed E-state index contributed by atoms with van der Waals surface area (Å²) in [5.41, 5.74) is 0. The Kier molecular flexibility index (Phi) is 7.39. The van der Waals surface area contributed by atoms with Crippen molar-refractivity contribution in [3.63, 3.8) is 0 Å².